The van der Waals surface area contributed by atoms with Crippen molar-refractivity contribution in [1.29, 1.82) is 0 Å². The van der Waals surface area contributed by atoms with Gasteiger partial charge in [0.25, 0.3) is 0 Å². The van der Waals surface area contributed by atoms with Crippen LogP contribution in [0.1, 0.15) is 0 Å². The van der Waals surface area contributed by atoms with Gasteiger partial charge in [0.1, 0.15) is 12.1 Å². The highest BCUT2D eigenvalue weighted by atomic mass is 15.4. The Morgan fingerprint density at radius 3 is 2.19 bits per heavy atom. The molecular formula is C17H23N9. The largest absolute Gasteiger partial charge is 0.352 e. The van der Waals surface area contributed by atoms with Crippen molar-refractivity contribution >= 4 is 17.7 Å². The van der Waals surface area contributed by atoms with E-state index >= 15 is 0 Å². The average molecular weight is 353 g/mol. The number of hydrogen-bond donors (Lipinski definition) is 1. The van der Waals surface area contributed by atoms with E-state index in [0.29, 0.717) is 0 Å². The molecule has 0 spiro atoms. The van der Waals surface area contributed by atoms with Gasteiger partial charge in [-0.3, -0.25) is 4.98 Å². The second kappa shape index (κ2) is 6.64. The highest BCUT2D eigenvalue weighted by Gasteiger charge is 2.37. The van der Waals surface area contributed by atoms with E-state index < -0.39 is 0 Å². The Morgan fingerprint density at radius 2 is 1.50 bits per heavy atom. The SMILES string of the molecule is c1cnc(N2CCN(c3ncnc(N4C[C@H]5CNC[C@H]5C4)n3)CC2)cn1. The molecule has 5 rings (SSSR count). The Hall–Kier alpha value is -2.55. The average Bonchev–Trinajstić information content (AvgIpc) is 3.31. The summed E-state index contributed by atoms with van der Waals surface area (Å²) in [5.41, 5.74) is 0. The third-order valence-electron chi connectivity index (χ3n) is 5.65. The molecule has 0 aliphatic carbocycles. The number of nitrogens with one attached hydrogen (secondary N) is 1. The van der Waals surface area contributed by atoms with Crippen LogP contribution in [0.15, 0.2) is 24.9 Å². The number of piperazine rings is 1. The predicted octanol–water partition coefficient (Wildman–Crippen LogP) is -0.356. The molecule has 9 nitrogen and oxygen atoms in total. The maximum Gasteiger partial charge on any atom is 0.230 e. The van der Waals surface area contributed by atoms with Gasteiger partial charge < -0.3 is 20.0 Å². The fourth-order valence-electron chi connectivity index (χ4n) is 4.19. The van der Waals surface area contributed by atoms with Crippen LogP contribution in [0.25, 0.3) is 0 Å². The van der Waals surface area contributed by atoms with Crippen LogP contribution in [-0.4, -0.2) is 77.3 Å². The van der Waals surface area contributed by atoms with Crippen LogP contribution in [-0.2, 0) is 0 Å². The molecule has 2 aromatic rings. The maximum absolute atomic E-state index is 4.77. The third kappa shape index (κ3) is 2.92. The molecule has 3 saturated heterocycles. The molecule has 0 amide bonds. The van der Waals surface area contributed by atoms with Gasteiger partial charge in [-0.25, -0.2) is 15.0 Å². The van der Waals surface area contributed by atoms with Crippen LogP contribution in [0, 0.1) is 11.8 Å². The van der Waals surface area contributed by atoms with Crippen molar-refractivity contribution in [3.05, 3.63) is 24.9 Å². The molecule has 136 valence electrons. The van der Waals surface area contributed by atoms with Gasteiger partial charge in [0.2, 0.25) is 11.9 Å². The van der Waals surface area contributed by atoms with E-state index in [9.17, 15) is 0 Å². The molecule has 0 bridgehead atoms. The lowest BCUT2D eigenvalue weighted by Crippen LogP contribution is -2.47. The lowest BCUT2D eigenvalue weighted by Gasteiger charge is -2.35. The van der Waals surface area contributed by atoms with Gasteiger partial charge in [-0.2, -0.15) is 4.98 Å². The zero-order chi connectivity index (χ0) is 17.3. The van der Waals surface area contributed by atoms with Gasteiger partial charge >= 0.3 is 0 Å². The number of aromatic nitrogens is 5. The Morgan fingerprint density at radius 1 is 0.808 bits per heavy atom. The molecule has 0 aromatic carbocycles. The first kappa shape index (κ1) is 15.7. The Balaban J connectivity index is 1.25. The predicted molar refractivity (Wildman–Crippen MR) is 98.3 cm³/mol. The summed E-state index contributed by atoms with van der Waals surface area (Å²) < 4.78 is 0. The van der Waals surface area contributed by atoms with Crippen molar-refractivity contribution in [1.82, 2.24) is 30.2 Å². The molecule has 3 fully saturated rings. The minimum absolute atomic E-state index is 0.728. The molecule has 9 heteroatoms. The Labute approximate surface area is 152 Å². The lowest BCUT2D eigenvalue weighted by molar-refractivity contribution is 0.533. The summed E-state index contributed by atoms with van der Waals surface area (Å²) in [6.45, 7) is 7.83. The monoisotopic (exact) mass is 353 g/mol. The fourth-order valence-corrected chi connectivity index (χ4v) is 4.19. The highest BCUT2D eigenvalue weighted by Crippen LogP contribution is 2.29. The van der Waals surface area contributed by atoms with Gasteiger partial charge in [0.05, 0.1) is 6.20 Å². The molecule has 2 atom stereocenters. The second-order valence-corrected chi connectivity index (χ2v) is 7.21. The molecule has 26 heavy (non-hydrogen) atoms. The minimum atomic E-state index is 0.728. The zero-order valence-corrected chi connectivity index (χ0v) is 14.7. The molecule has 3 aliphatic heterocycles. The quantitative estimate of drug-likeness (QED) is 0.795. The zero-order valence-electron chi connectivity index (χ0n) is 14.7. The van der Waals surface area contributed by atoms with Crippen LogP contribution in [0.5, 0.6) is 0 Å². The number of anilines is 3. The van der Waals surface area contributed by atoms with Crippen LogP contribution in [0.2, 0.25) is 0 Å². The molecule has 0 unspecified atom stereocenters. The van der Waals surface area contributed by atoms with Crippen LogP contribution >= 0.6 is 0 Å². The molecule has 0 radical (unpaired) electrons. The molecular weight excluding hydrogens is 330 g/mol. The third-order valence-corrected chi connectivity index (χ3v) is 5.65. The summed E-state index contributed by atoms with van der Waals surface area (Å²) in [6, 6.07) is 0. The van der Waals surface area contributed by atoms with Gasteiger partial charge in [0.15, 0.2) is 0 Å². The number of rotatable bonds is 3. The summed E-state index contributed by atoms with van der Waals surface area (Å²) in [7, 11) is 0. The van der Waals surface area contributed by atoms with Crippen LogP contribution in [0.3, 0.4) is 0 Å². The van der Waals surface area contributed by atoms with Crippen LogP contribution < -0.4 is 20.0 Å². The van der Waals surface area contributed by atoms with Gasteiger partial charge in [-0.15, -0.1) is 0 Å². The number of hydrogen-bond acceptors (Lipinski definition) is 9. The van der Waals surface area contributed by atoms with Gasteiger partial charge in [-0.05, 0) is 11.8 Å². The van der Waals surface area contributed by atoms with E-state index in [1.807, 2.05) is 6.20 Å². The first-order chi connectivity index (χ1) is 12.9. The number of fused-ring (bicyclic) bond motifs is 1. The van der Waals surface area contributed by atoms with E-state index in [0.717, 1.165) is 81.9 Å². The maximum atomic E-state index is 4.77. The van der Waals surface area contributed by atoms with Crippen molar-refractivity contribution < 1.29 is 0 Å². The van der Waals surface area contributed by atoms with Crippen molar-refractivity contribution in [2.45, 2.75) is 0 Å². The molecule has 2 aromatic heterocycles. The normalized spacial score (nSPS) is 25.6. The first-order valence-electron chi connectivity index (χ1n) is 9.27. The van der Waals surface area contributed by atoms with Crippen molar-refractivity contribution in [2.24, 2.45) is 11.8 Å². The summed E-state index contributed by atoms with van der Waals surface area (Å²) >= 11 is 0. The van der Waals surface area contributed by atoms with Gasteiger partial charge in [-0.1, -0.05) is 0 Å². The number of nitrogens with zero attached hydrogens (tertiary/aromatic N) is 8. The summed E-state index contributed by atoms with van der Waals surface area (Å²) in [5.74, 6) is 3.99. The van der Waals surface area contributed by atoms with E-state index in [1.165, 1.54) is 0 Å². The lowest BCUT2D eigenvalue weighted by atomic mass is 10.0. The summed E-state index contributed by atoms with van der Waals surface area (Å²) in [4.78, 5) is 29.0. The molecule has 5 heterocycles. The van der Waals surface area contributed by atoms with E-state index in [-0.39, 0.29) is 0 Å². The highest BCUT2D eigenvalue weighted by molar-refractivity contribution is 5.43. The van der Waals surface area contributed by atoms with Crippen molar-refractivity contribution in [2.75, 3.05) is 67.1 Å². The van der Waals surface area contributed by atoms with Gasteiger partial charge in [0, 0.05) is 64.8 Å². The molecule has 1 N–H and O–H groups in total. The van der Waals surface area contributed by atoms with Crippen molar-refractivity contribution in [3.63, 3.8) is 0 Å². The summed E-state index contributed by atoms with van der Waals surface area (Å²) in [5, 5.41) is 3.47. The Bertz CT molecular complexity index is 735. The first-order valence-corrected chi connectivity index (χ1v) is 9.27. The molecule has 0 saturated carbocycles. The van der Waals surface area contributed by atoms with E-state index in [2.05, 4.69) is 40.0 Å². The second-order valence-electron chi connectivity index (χ2n) is 7.21. The minimum Gasteiger partial charge on any atom is -0.352 e. The van der Waals surface area contributed by atoms with Crippen molar-refractivity contribution in [3.8, 4) is 0 Å². The summed E-state index contributed by atoms with van der Waals surface area (Å²) in [6.07, 6.45) is 6.91. The van der Waals surface area contributed by atoms with E-state index in [4.69, 9.17) is 4.98 Å². The fraction of sp³-hybridized carbons (Fsp3) is 0.588. The molecule has 3 aliphatic rings. The van der Waals surface area contributed by atoms with Crippen LogP contribution in [0.4, 0.5) is 17.7 Å². The van der Waals surface area contributed by atoms with E-state index in [1.54, 1.807) is 18.7 Å². The smallest absolute Gasteiger partial charge is 0.230 e. The topological polar surface area (TPSA) is 86.2 Å². The standard InChI is InChI=1S/C17H23N9/c1-2-20-15(9-18-1)24-3-5-25(6-4-24)16-21-12-22-17(23-16)26-10-13-7-19-8-14(13)11-26/h1-2,9,12-14,19H,3-8,10-11H2/t13-,14+. The Kier molecular flexibility index (Phi) is 4.00.